The van der Waals surface area contributed by atoms with Gasteiger partial charge in [0.25, 0.3) is 0 Å². The summed E-state index contributed by atoms with van der Waals surface area (Å²) in [4.78, 5) is 13.8. The molecule has 0 radical (unpaired) electrons. The molecule has 1 aliphatic heterocycles. The van der Waals surface area contributed by atoms with E-state index in [0.29, 0.717) is 19.0 Å². The second-order valence-electron chi connectivity index (χ2n) is 4.93. The van der Waals surface area contributed by atoms with E-state index in [1.165, 1.54) is 19.3 Å². The minimum atomic E-state index is 0.0371. The summed E-state index contributed by atoms with van der Waals surface area (Å²) in [5.41, 5.74) is 0. The van der Waals surface area contributed by atoms with Gasteiger partial charge in [0.1, 0.15) is 0 Å². The van der Waals surface area contributed by atoms with Crippen molar-refractivity contribution in [2.75, 3.05) is 39.3 Å². The zero-order chi connectivity index (χ0) is 13.2. The summed E-state index contributed by atoms with van der Waals surface area (Å²) in [5.74, 6) is 3.13. The topological polar surface area (TPSA) is 44.4 Å². The first-order valence-corrected chi connectivity index (χ1v) is 6.89. The number of terminal acetylenes is 1. The largest absolute Gasteiger partial charge is 0.344 e. The summed E-state index contributed by atoms with van der Waals surface area (Å²) in [6, 6.07) is 0. The first-order valence-electron chi connectivity index (χ1n) is 6.89. The first kappa shape index (κ1) is 15.0. The Balaban J connectivity index is 2.21. The number of hydrogen-bond donors (Lipinski definition) is 2. The molecule has 0 aliphatic carbocycles. The van der Waals surface area contributed by atoms with E-state index < -0.39 is 0 Å². The van der Waals surface area contributed by atoms with Crippen LogP contribution in [0.2, 0.25) is 0 Å². The van der Waals surface area contributed by atoms with Gasteiger partial charge in [0.05, 0.1) is 13.1 Å². The summed E-state index contributed by atoms with van der Waals surface area (Å²) in [7, 11) is 0. The minimum Gasteiger partial charge on any atom is -0.344 e. The van der Waals surface area contributed by atoms with Crippen LogP contribution in [0.4, 0.5) is 0 Å². The highest BCUT2D eigenvalue weighted by molar-refractivity contribution is 5.78. The maximum atomic E-state index is 11.6. The molecule has 0 aromatic rings. The molecule has 0 saturated carbocycles. The summed E-state index contributed by atoms with van der Waals surface area (Å²) in [6.07, 6.45) is 8.73. The summed E-state index contributed by atoms with van der Waals surface area (Å²) < 4.78 is 0. The van der Waals surface area contributed by atoms with Crippen molar-refractivity contribution in [2.45, 2.75) is 26.2 Å². The summed E-state index contributed by atoms with van der Waals surface area (Å²) in [6.45, 7) is 7.17. The van der Waals surface area contributed by atoms with E-state index >= 15 is 0 Å². The molecule has 1 amide bonds. The van der Waals surface area contributed by atoms with Gasteiger partial charge in [0, 0.05) is 6.54 Å². The fourth-order valence-corrected chi connectivity index (χ4v) is 2.35. The van der Waals surface area contributed by atoms with Crippen molar-refractivity contribution in [3.8, 4) is 12.3 Å². The number of amides is 1. The molecular weight excluding hydrogens is 226 g/mol. The number of hydrogen-bond acceptors (Lipinski definition) is 3. The Morgan fingerprint density at radius 1 is 1.56 bits per heavy atom. The van der Waals surface area contributed by atoms with E-state index in [0.717, 1.165) is 26.2 Å². The summed E-state index contributed by atoms with van der Waals surface area (Å²) >= 11 is 0. The predicted molar refractivity (Wildman–Crippen MR) is 74.2 cm³/mol. The van der Waals surface area contributed by atoms with Gasteiger partial charge in [-0.3, -0.25) is 9.69 Å². The molecule has 1 saturated heterocycles. The van der Waals surface area contributed by atoms with Crippen LogP contribution < -0.4 is 10.6 Å². The first-order chi connectivity index (χ1) is 8.76. The van der Waals surface area contributed by atoms with E-state index in [4.69, 9.17) is 6.42 Å². The molecule has 1 rings (SSSR count). The van der Waals surface area contributed by atoms with Gasteiger partial charge < -0.3 is 10.6 Å². The Labute approximate surface area is 110 Å². The fourth-order valence-electron chi connectivity index (χ4n) is 2.35. The molecule has 1 unspecified atom stereocenters. The Morgan fingerprint density at radius 3 is 3.11 bits per heavy atom. The fraction of sp³-hybridized carbons (Fsp3) is 0.786. The second-order valence-corrected chi connectivity index (χ2v) is 4.93. The molecule has 1 aliphatic rings. The Bertz CT molecular complexity index is 285. The lowest BCUT2D eigenvalue weighted by Crippen LogP contribution is -2.44. The molecule has 4 heteroatoms. The Hall–Kier alpha value is -1.05. The lowest BCUT2D eigenvalue weighted by Gasteiger charge is -2.32. The van der Waals surface area contributed by atoms with Crippen LogP contribution in [-0.2, 0) is 4.79 Å². The van der Waals surface area contributed by atoms with Crippen LogP contribution >= 0.6 is 0 Å². The van der Waals surface area contributed by atoms with Crippen LogP contribution in [0.25, 0.3) is 0 Å². The quantitative estimate of drug-likeness (QED) is 0.510. The standard InChI is InChI=1S/C14H25N3O/c1-3-7-15-10-13-6-5-9-17(11-13)12-14(18)16-8-4-2/h2,13,15H,3,5-12H2,1H3,(H,16,18). The molecule has 2 N–H and O–H groups in total. The molecule has 0 bridgehead atoms. The average Bonchev–Trinajstić information content (AvgIpc) is 2.37. The van der Waals surface area contributed by atoms with Crippen molar-refractivity contribution in [1.82, 2.24) is 15.5 Å². The number of nitrogens with zero attached hydrogens (tertiary/aromatic N) is 1. The predicted octanol–water partition coefficient (Wildman–Crippen LogP) is 0.447. The van der Waals surface area contributed by atoms with Crippen LogP contribution in [0.3, 0.4) is 0 Å². The van der Waals surface area contributed by atoms with Gasteiger partial charge in [-0.25, -0.2) is 0 Å². The number of piperidine rings is 1. The smallest absolute Gasteiger partial charge is 0.234 e. The van der Waals surface area contributed by atoms with Gasteiger partial charge in [-0.05, 0) is 44.8 Å². The number of rotatable bonds is 7. The molecule has 1 heterocycles. The minimum absolute atomic E-state index is 0.0371. The third kappa shape index (κ3) is 6.04. The van der Waals surface area contributed by atoms with E-state index in [9.17, 15) is 4.79 Å². The van der Waals surface area contributed by atoms with Crippen molar-refractivity contribution < 1.29 is 4.79 Å². The van der Waals surface area contributed by atoms with Crippen LogP contribution in [0.5, 0.6) is 0 Å². The number of carbonyl (C=O) groups is 1. The molecule has 0 aromatic heterocycles. The van der Waals surface area contributed by atoms with E-state index in [1.807, 2.05) is 0 Å². The normalized spacial score (nSPS) is 20.3. The van der Waals surface area contributed by atoms with Gasteiger partial charge in [-0.15, -0.1) is 6.42 Å². The molecule has 0 spiro atoms. The zero-order valence-electron chi connectivity index (χ0n) is 11.4. The molecular formula is C14H25N3O. The third-order valence-corrected chi connectivity index (χ3v) is 3.22. The molecule has 1 fully saturated rings. The van der Waals surface area contributed by atoms with Crippen LogP contribution in [0.15, 0.2) is 0 Å². The number of likely N-dealkylation sites (tertiary alicyclic amines) is 1. The SMILES string of the molecule is C#CCNC(=O)CN1CCCC(CNCCC)C1. The highest BCUT2D eigenvalue weighted by Gasteiger charge is 2.20. The number of nitrogens with one attached hydrogen (secondary N) is 2. The van der Waals surface area contributed by atoms with Gasteiger partial charge in [0.2, 0.25) is 5.91 Å². The highest BCUT2D eigenvalue weighted by atomic mass is 16.2. The van der Waals surface area contributed by atoms with E-state index in [-0.39, 0.29) is 5.91 Å². The Kier molecular flexibility index (Phi) is 7.47. The van der Waals surface area contributed by atoms with Crippen LogP contribution in [0, 0.1) is 18.3 Å². The van der Waals surface area contributed by atoms with Crippen molar-refractivity contribution in [3.63, 3.8) is 0 Å². The maximum absolute atomic E-state index is 11.6. The molecule has 0 aromatic carbocycles. The second kappa shape index (κ2) is 8.96. The van der Waals surface area contributed by atoms with Crippen molar-refractivity contribution >= 4 is 5.91 Å². The maximum Gasteiger partial charge on any atom is 0.234 e. The highest BCUT2D eigenvalue weighted by Crippen LogP contribution is 2.15. The third-order valence-electron chi connectivity index (χ3n) is 3.22. The van der Waals surface area contributed by atoms with Gasteiger partial charge in [0.15, 0.2) is 0 Å². The monoisotopic (exact) mass is 251 g/mol. The molecule has 1 atom stereocenters. The Morgan fingerprint density at radius 2 is 2.39 bits per heavy atom. The van der Waals surface area contributed by atoms with Gasteiger partial charge in [-0.1, -0.05) is 12.8 Å². The van der Waals surface area contributed by atoms with Crippen LogP contribution in [0.1, 0.15) is 26.2 Å². The van der Waals surface area contributed by atoms with E-state index in [1.54, 1.807) is 0 Å². The lowest BCUT2D eigenvalue weighted by molar-refractivity contribution is -0.122. The average molecular weight is 251 g/mol. The van der Waals surface area contributed by atoms with Crippen molar-refractivity contribution in [3.05, 3.63) is 0 Å². The molecule has 4 nitrogen and oxygen atoms in total. The van der Waals surface area contributed by atoms with Crippen molar-refractivity contribution in [2.24, 2.45) is 5.92 Å². The number of carbonyl (C=O) groups excluding carboxylic acids is 1. The summed E-state index contributed by atoms with van der Waals surface area (Å²) in [5, 5.41) is 6.17. The van der Waals surface area contributed by atoms with Crippen molar-refractivity contribution in [1.29, 1.82) is 0 Å². The lowest BCUT2D eigenvalue weighted by atomic mass is 9.98. The van der Waals surface area contributed by atoms with Gasteiger partial charge >= 0.3 is 0 Å². The zero-order valence-corrected chi connectivity index (χ0v) is 11.4. The van der Waals surface area contributed by atoms with E-state index in [2.05, 4.69) is 28.4 Å². The molecule has 102 valence electrons. The van der Waals surface area contributed by atoms with Crippen LogP contribution in [-0.4, -0.2) is 50.1 Å². The molecule has 18 heavy (non-hydrogen) atoms. The van der Waals surface area contributed by atoms with Gasteiger partial charge in [-0.2, -0.15) is 0 Å².